The molecule has 0 aliphatic carbocycles. The molecule has 1 aliphatic rings. The van der Waals surface area contributed by atoms with Gasteiger partial charge in [0.05, 0.1) is 5.41 Å². The smallest absolute Gasteiger partial charge is 0.317 e. The van der Waals surface area contributed by atoms with E-state index in [1.54, 1.807) is 16.8 Å². The number of nitrogens with one attached hydrogen (secondary N) is 1. The lowest BCUT2D eigenvalue weighted by Gasteiger charge is -2.28. The maximum absolute atomic E-state index is 12.4. The zero-order chi connectivity index (χ0) is 20.0. The second kappa shape index (κ2) is 8.88. The Hall–Kier alpha value is -2.57. The monoisotopic (exact) mass is 375 g/mol. The summed E-state index contributed by atoms with van der Waals surface area (Å²) in [7, 11) is 1.70. The van der Waals surface area contributed by atoms with E-state index in [0.717, 1.165) is 5.56 Å². The van der Waals surface area contributed by atoms with Gasteiger partial charge < -0.3 is 20.2 Å². The topological polar surface area (TPSA) is 90.0 Å². The second-order valence-electron chi connectivity index (χ2n) is 7.50. The molecule has 1 unspecified atom stereocenters. The second-order valence-corrected chi connectivity index (χ2v) is 7.50. The number of carbonyl (C=O) groups is 3. The number of aliphatic carboxylic acids is 1. The molecule has 1 fully saturated rings. The van der Waals surface area contributed by atoms with E-state index in [1.807, 2.05) is 44.2 Å². The highest BCUT2D eigenvalue weighted by atomic mass is 16.4. The molecule has 0 radical (unpaired) electrons. The molecule has 1 aromatic carbocycles. The molecule has 3 amide bonds. The Morgan fingerprint density at radius 2 is 1.93 bits per heavy atom. The van der Waals surface area contributed by atoms with Crippen molar-refractivity contribution in [2.45, 2.75) is 33.2 Å². The molecule has 0 bridgehead atoms. The molecule has 2 rings (SSSR count). The Morgan fingerprint density at radius 3 is 2.48 bits per heavy atom. The summed E-state index contributed by atoms with van der Waals surface area (Å²) in [5.41, 5.74) is 0.163. The van der Waals surface area contributed by atoms with Crippen molar-refractivity contribution in [3.8, 4) is 0 Å². The molecule has 0 aromatic heterocycles. The van der Waals surface area contributed by atoms with Gasteiger partial charge in [-0.05, 0) is 17.9 Å². The first-order chi connectivity index (χ1) is 12.8. The fourth-order valence-electron chi connectivity index (χ4n) is 3.44. The summed E-state index contributed by atoms with van der Waals surface area (Å²) >= 11 is 0. The maximum Gasteiger partial charge on any atom is 0.317 e. The molecule has 0 saturated carbocycles. The molecule has 7 nitrogen and oxygen atoms in total. The molecular formula is C20H29N3O4. The Morgan fingerprint density at radius 1 is 1.26 bits per heavy atom. The van der Waals surface area contributed by atoms with Gasteiger partial charge in [0.1, 0.15) is 0 Å². The number of nitrogens with zero attached hydrogens (tertiary/aromatic N) is 2. The number of carbonyl (C=O) groups excluding carboxylic acids is 2. The molecule has 2 N–H and O–H groups in total. The minimum atomic E-state index is -0.866. The van der Waals surface area contributed by atoms with Crippen LogP contribution in [0, 0.1) is 11.3 Å². The maximum atomic E-state index is 12.4. The van der Waals surface area contributed by atoms with Crippen LogP contribution in [0.3, 0.4) is 0 Å². The molecule has 148 valence electrons. The Labute approximate surface area is 160 Å². The predicted molar refractivity (Wildman–Crippen MR) is 102 cm³/mol. The number of amides is 3. The van der Waals surface area contributed by atoms with E-state index in [0.29, 0.717) is 19.5 Å². The van der Waals surface area contributed by atoms with E-state index in [4.69, 9.17) is 0 Å². The standard InChI is InChI=1S/C20H29N3O4/c1-15(2)20(18(25)26)10-12-23(14-20)17(24)9-11-21-19(27)22(3)13-16-7-5-4-6-8-16/h4-8,15H,9-14H2,1-3H3,(H,21,27)(H,25,26). The number of likely N-dealkylation sites (tertiary alicyclic amines) is 1. The van der Waals surface area contributed by atoms with E-state index >= 15 is 0 Å². The SMILES string of the molecule is CC(C)C1(C(=O)O)CCN(C(=O)CCNC(=O)N(C)Cc2ccccc2)C1. The average molecular weight is 375 g/mol. The lowest BCUT2D eigenvalue weighted by atomic mass is 9.76. The third-order valence-corrected chi connectivity index (χ3v) is 5.41. The van der Waals surface area contributed by atoms with Gasteiger partial charge >= 0.3 is 12.0 Å². The van der Waals surface area contributed by atoms with Crippen molar-refractivity contribution in [1.82, 2.24) is 15.1 Å². The van der Waals surface area contributed by atoms with Gasteiger partial charge in [0, 0.05) is 39.6 Å². The molecule has 1 saturated heterocycles. The van der Waals surface area contributed by atoms with Crippen LogP contribution in [0.2, 0.25) is 0 Å². The van der Waals surface area contributed by atoms with Crippen LogP contribution in [0.15, 0.2) is 30.3 Å². The summed E-state index contributed by atoms with van der Waals surface area (Å²) < 4.78 is 0. The third kappa shape index (κ3) is 4.99. The van der Waals surface area contributed by atoms with Crippen LogP contribution in [0.25, 0.3) is 0 Å². The summed E-state index contributed by atoms with van der Waals surface area (Å²) in [5, 5.41) is 12.3. The number of carboxylic acid groups (broad SMARTS) is 1. The first kappa shape index (κ1) is 20.7. The van der Waals surface area contributed by atoms with E-state index < -0.39 is 11.4 Å². The minimum absolute atomic E-state index is 0.0425. The highest BCUT2D eigenvalue weighted by Crippen LogP contribution is 2.38. The predicted octanol–water partition coefficient (Wildman–Crippen LogP) is 2.18. The number of urea groups is 1. The van der Waals surface area contributed by atoms with Crippen LogP contribution in [0.4, 0.5) is 4.79 Å². The van der Waals surface area contributed by atoms with Crippen LogP contribution >= 0.6 is 0 Å². The molecule has 1 heterocycles. The van der Waals surface area contributed by atoms with Gasteiger partial charge in [0.15, 0.2) is 0 Å². The Balaban J connectivity index is 1.77. The lowest BCUT2D eigenvalue weighted by Crippen LogP contribution is -2.42. The summed E-state index contributed by atoms with van der Waals surface area (Å²) in [6.45, 7) is 5.17. The Kier molecular flexibility index (Phi) is 6.82. The van der Waals surface area contributed by atoms with Gasteiger partial charge in [-0.1, -0.05) is 44.2 Å². The molecule has 27 heavy (non-hydrogen) atoms. The quantitative estimate of drug-likeness (QED) is 0.764. The highest BCUT2D eigenvalue weighted by Gasteiger charge is 2.48. The fraction of sp³-hybridized carbons (Fsp3) is 0.550. The zero-order valence-corrected chi connectivity index (χ0v) is 16.3. The van der Waals surface area contributed by atoms with Gasteiger partial charge in [-0.25, -0.2) is 4.79 Å². The molecule has 1 atom stereocenters. The zero-order valence-electron chi connectivity index (χ0n) is 16.3. The summed E-state index contributed by atoms with van der Waals surface area (Å²) in [6.07, 6.45) is 0.636. The van der Waals surface area contributed by atoms with Gasteiger partial charge in [0.2, 0.25) is 5.91 Å². The van der Waals surface area contributed by atoms with E-state index in [2.05, 4.69) is 5.32 Å². The molecular weight excluding hydrogens is 346 g/mol. The average Bonchev–Trinajstić information content (AvgIpc) is 3.09. The lowest BCUT2D eigenvalue weighted by molar-refractivity contribution is -0.151. The van der Waals surface area contributed by atoms with Crippen LogP contribution < -0.4 is 5.32 Å². The van der Waals surface area contributed by atoms with Crippen LogP contribution in [0.1, 0.15) is 32.3 Å². The van der Waals surface area contributed by atoms with E-state index in [-0.39, 0.29) is 37.4 Å². The molecule has 1 aliphatic heterocycles. The minimum Gasteiger partial charge on any atom is -0.481 e. The van der Waals surface area contributed by atoms with Gasteiger partial charge in [-0.15, -0.1) is 0 Å². The van der Waals surface area contributed by atoms with E-state index in [9.17, 15) is 19.5 Å². The molecule has 0 spiro atoms. The van der Waals surface area contributed by atoms with Crippen molar-refractivity contribution in [3.63, 3.8) is 0 Å². The number of hydrogen-bond donors (Lipinski definition) is 2. The van der Waals surface area contributed by atoms with Crippen molar-refractivity contribution in [3.05, 3.63) is 35.9 Å². The fourth-order valence-corrected chi connectivity index (χ4v) is 3.44. The highest BCUT2D eigenvalue weighted by molar-refractivity contribution is 5.81. The molecule has 1 aromatic rings. The third-order valence-electron chi connectivity index (χ3n) is 5.41. The first-order valence-corrected chi connectivity index (χ1v) is 9.30. The van der Waals surface area contributed by atoms with Gasteiger partial charge in [-0.2, -0.15) is 0 Å². The first-order valence-electron chi connectivity index (χ1n) is 9.30. The number of carboxylic acids is 1. The van der Waals surface area contributed by atoms with Crippen molar-refractivity contribution in [2.75, 3.05) is 26.7 Å². The summed E-state index contributed by atoms with van der Waals surface area (Å²) in [4.78, 5) is 39.4. The number of rotatable bonds is 7. The van der Waals surface area contributed by atoms with Crippen molar-refractivity contribution >= 4 is 17.9 Å². The Bertz CT molecular complexity index is 677. The van der Waals surface area contributed by atoms with E-state index in [1.165, 1.54) is 0 Å². The van der Waals surface area contributed by atoms with Crippen molar-refractivity contribution in [1.29, 1.82) is 0 Å². The van der Waals surface area contributed by atoms with Crippen LogP contribution in [-0.4, -0.2) is 59.5 Å². The normalized spacial score (nSPS) is 19.2. The van der Waals surface area contributed by atoms with Crippen molar-refractivity contribution in [2.24, 2.45) is 11.3 Å². The molecule has 7 heteroatoms. The largest absolute Gasteiger partial charge is 0.481 e. The van der Waals surface area contributed by atoms with Crippen LogP contribution in [0.5, 0.6) is 0 Å². The number of benzene rings is 1. The number of hydrogen-bond acceptors (Lipinski definition) is 3. The van der Waals surface area contributed by atoms with Gasteiger partial charge in [-0.3, -0.25) is 9.59 Å². The van der Waals surface area contributed by atoms with Crippen LogP contribution in [-0.2, 0) is 16.1 Å². The summed E-state index contributed by atoms with van der Waals surface area (Å²) in [6, 6.07) is 9.42. The van der Waals surface area contributed by atoms with Gasteiger partial charge in [0.25, 0.3) is 0 Å². The summed E-state index contributed by atoms with van der Waals surface area (Å²) in [5.74, 6) is -1.01. The van der Waals surface area contributed by atoms with Crippen molar-refractivity contribution < 1.29 is 19.5 Å².